The molecule has 2 aromatic carbocycles. The molecule has 5 nitrogen and oxygen atoms in total. The van der Waals surface area contributed by atoms with Crippen molar-refractivity contribution in [3.8, 4) is 11.8 Å². The molecule has 0 atom stereocenters. The summed E-state index contributed by atoms with van der Waals surface area (Å²) in [5, 5.41) is 9.74. The normalized spacial score (nSPS) is 14.4. The minimum absolute atomic E-state index is 0.175. The summed E-state index contributed by atoms with van der Waals surface area (Å²) in [5.74, 6) is -0.200. The summed E-state index contributed by atoms with van der Waals surface area (Å²) in [7, 11) is 0. The Morgan fingerprint density at radius 3 is 2.25 bits per heavy atom. The third kappa shape index (κ3) is 4.49. The van der Waals surface area contributed by atoms with Crippen LogP contribution in [-0.2, 0) is 4.79 Å². The summed E-state index contributed by atoms with van der Waals surface area (Å²) >= 11 is 3.47. The van der Waals surface area contributed by atoms with Crippen molar-refractivity contribution in [2.45, 2.75) is 13.8 Å². The molecule has 6 heteroatoms. The lowest BCUT2D eigenvalue weighted by Crippen LogP contribution is -2.49. The lowest BCUT2D eigenvalue weighted by atomic mass is 10.1. The van der Waals surface area contributed by atoms with Crippen LogP contribution in [0.25, 0.3) is 11.8 Å². The van der Waals surface area contributed by atoms with Gasteiger partial charge in [0.05, 0.1) is 0 Å². The van der Waals surface area contributed by atoms with Gasteiger partial charge in [0, 0.05) is 53.4 Å². The standard InChI is InChI=1S/C26H25BrN4O/c1-19-16-21(20(2)31(19)25-10-8-23(27)9-11-25)17-22(18-28)26(32)30-14-12-29(13-15-30)24-6-4-3-5-7-24/h3-11,16-17H,12-15H2,1-2H3/b22-17+. The van der Waals surface area contributed by atoms with Crippen LogP contribution in [0.3, 0.4) is 0 Å². The van der Waals surface area contributed by atoms with Crippen molar-refractivity contribution in [3.05, 3.63) is 87.7 Å². The number of aryl methyl sites for hydroxylation is 1. The summed E-state index contributed by atoms with van der Waals surface area (Å²) in [6.07, 6.45) is 1.73. The molecule has 32 heavy (non-hydrogen) atoms. The van der Waals surface area contributed by atoms with Crippen LogP contribution in [0.1, 0.15) is 17.0 Å². The second-order valence-electron chi connectivity index (χ2n) is 7.92. The van der Waals surface area contributed by atoms with Crippen LogP contribution < -0.4 is 4.90 Å². The van der Waals surface area contributed by atoms with Gasteiger partial charge in [0.1, 0.15) is 11.6 Å². The Labute approximate surface area is 197 Å². The molecule has 0 aliphatic carbocycles. The van der Waals surface area contributed by atoms with Gasteiger partial charge in [-0.1, -0.05) is 34.1 Å². The molecule has 4 rings (SSSR count). The number of amides is 1. The first kappa shape index (κ1) is 21.9. The van der Waals surface area contributed by atoms with E-state index >= 15 is 0 Å². The average molecular weight is 489 g/mol. The molecular formula is C26H25BrN4O. The fraction of sp³-hybridized carbons (Fsp3) is 0.231. The molecule has 1 fully saturated rings. The highest BCUT2D eigenvalue weighted by Crippen LogP contribution is 2.25. The number of carbonyl (C=O) groups excluding carboxylic acids is 1. The molecule has 0 N–H and O–H groups in total. The summed E-state index contributed by atoms with van der Waals surface area (Å²) in [4.78, 5) is 17.1. The number of halogens is 1. The zero-order valence-electron chi connectivity index (χ0n) is 18.3. The number of nitriles is 1. The van der Waals surface area contributed by atoms with Crippen molar-refractivity contribution in [2.75, 3.05) is 31.1 Å². The van der Waals surface area contributed by atoms with Crippen LogP contribution in [0.2, 0.25) is 0 Å². The molecule has 3 aromatic rings. The molecular weight excluding hydrogens is 464 g/mol. The lowest BCUT2D eigenvalue weighted by molar-refractivity contribution is -0.126. The summed E-state index contributed by atoms with van der Waals surface area (Å²) < 4.78 is 3.16. The van der Waals surface area contributed by atoms with Crippen molar-refractivity contribution in [3.63, 3.8) is 0 Å². The highest BCUT2D eigenvalue weighted by Gasteiger charge is 2.24. The van der Waals surface area contributed by atoms with Gasteiger partial charge in [0.25, 0.3) is 5.91 Å². The maximum absolute atomic E-state index is 13.1. The van der Waals surface area contributed by atoms with E-state index < -0.39 is 0 Å². The molecule has 0 bridgehead atoms. The van der Waals surface area contributed by atoms with Crippen LogP contribution in [0.4, 0.5) is 5.69 Å². The number of aromatic nitrogens is 1. The third-order valence-electron chi connectivity index (χ3n) is 5.89. The molecule has 1 aliphatic heterocycles. The fourth-order valence-corrected chi connectivity index (χ4v) is 4.46. The van der Waals surface area contributed by atoms with Crippen LogP contribution in [-0.4, -0.2) is 41.6 Å². The fourth-order valence-electron chi connectivity index (χ4n) is 4.20. The largest absolute Gasteiger partial charge is 0.368 e. The van der Waals surface area contributed by atoms with E-state index in [-0.39, 0.29) is 11.5 Å². The van der Waals surface area contributed by atoms with E-state index in [1.807, 2.05) is 62.4 Å². The summed E-state index contributed by atoms with van der Waals surface area (Å²) in [6, 6.07) is 22.5. The van der Waals surface area contributed by atoms with E-state index in [4.69, 9.17) is 0 Å². The smallest absolute Gasteiger partial charge is 0.264 e. The number of benzene rings is 2. The van der Waals surface area contributed by atoms with Crippen molar-refractivity contribution < 1.29 is 4.79 Å². The highest BCUT2D eigenvalue weighted by molar-refractivity contribution is 9.10. The van der Waals surface area contributed by atoms with Crippen molar-refractivity contribution in [1.82, 2.24) is 9.47 Å². The Hall–Kier alpha value is -3.30. The molecule has 0 saturated carbocycles. The van der Waals surface area contributed by atoms with Crippen LogP contribution in [0, 0.1) is 25.2 Å². The number of piperazine rings is 1. The van der Waals surface area contributed by atoms with Gasteiger partial charge in [-0.3, -0.25) is 4.79 Å². The Balaban J connectivity index is 1.52. The molecule has 1 aromatic heterocycles. The van der Waals surface area contributed by atoms with E-state index in [2.05, 4.69) is 43.6 Å². The zero-order valence-corrected chi connectivity index (χ0v) is 19.8. The minimum Gasteiger partial charge on any atom is -0.368 e. The Kier molecular flexibility index (Phi) is 6.48. The topological polar surface area (TPSA) is 52.3 Å². The summed E-state index contributed by atoms with van der Waals surface area (Å²) in [5.41, 5.74) is 5.32. The maximum Gasteiger partial charge on any atom is 0.264 e. The van der Waals surface area contributed by atoms with Gasteiger partial charge in [-0.05, 0) is 68.0 Å². The molecule has 2 heterocycles. The predicted molar refractivity (Wildman–Crippen MR) is 132 cm³/mol. The van der Waals surface area contributed by atoms with E-state index in [0.29, 0.717) is 13.1 Å². The van der Waals surface area contributed by atoms with Gasteiger partial charge in [-0.25, -0.2) is 0 Å². The lowest BCUT2D eigenvalue weighted by Gasteiger charge is -2.36. The average Bonchev–Trinajstić information content (AvgIpc) is 3.11. The highest BCUT2D eigenvalue weighted by atomic mass is 79.9. The van der Waals surface area contributed by atoms with Gasteiger partial charge < -0.3 is 14.4 Å². The Morgan fingerprint density at radius 2 is 1.62 bits per heavy atom. The van der Waals surface area contributed by atoms with Gasteiger partial charge in [-0.15, -0.1) is 0 Å². The summed E-state index contributed by atoms with van der Waals surface area (Å²) in [6.45, 7) is 6.76. The third-order valence-corrected chi connectivity index (χ3v) is 6.42. The molecule has 0 radical (unpaired) electrons. The molecule has 1 amide bonds. The van der Waals surface area contributed by atoms with E-state index in [0.717, 1.165) is 45.9 Å². The Morgan fingerprint density at radius 1 is 0.969 bits per heavy atom. The predicted octanol–water partition coefficient (Wildman–Crippen LogP) is 5.11. The van der Waals surface area contributed by atoms with Gasteiger partial charge in [0.15, 0.2) is 0 Å². The van der Waals surface area contributed by atoms with E-state index in [9.17, 15) is 10.1 Å². The van der Waals surface area contributed by atoms with Crippen molar-refractivity contribution in [2.24, 2.45) is 0 Å². The van der Waals surface area contributed by atoms with Crippen molar-refractivity contribution >= 4 is 33.6 Å². The van der Waals surface area contributed by atoms with Crippen LogP contribution in [0.5, 0.6) is 0 Å². The number of anilines is 1. The van der Waals surface area contributed by atoms with Crippen LogP contribution >= 0.6 is 15.9 Å². The first-order valence-corrected chi connectivity index (χ1v) is 11.4. The van der Waals surface area contributed by atoms with Gasteiger partial charge in [0.2, 0.25) is 0 Å². The number of nitrogens with zero attached hydrogens (tertiary/aromatic N) is 4. The molecule has 1 saturated heterocycles. The number of hydrogen-bond acceptors (Lipinski definition) is 3. The van der Waals surface area contributed by atoms with E-state index in [1.54, 1.807) is 11.0 Å². The number of hydrogen-bond donors (Lipinski definition) is 0. The Bertz CT molecular complexity index is 1180. The molecule has 1 aliphatic rings. The number of rotatable bonds is 4. The molecule has 0 spiro atoms. The first-order valence-electron chi connectivity index (χ1n) is 10.6. The number of carbonyl (C=O) groups is 1. The van der Waals surface area contributed by atoms with Gasteiger partial charge in [-0.2, -0.15) is 5.26 Å². The minimum atomic E-state index is -0.200. The molecule has 0 unspecified atom stereocenters. The SMILES string of the molecule is Cc1cc(/C=C(\C#N)C(=O)N2CCN(c3ccccc3)CC2)c(C)n1-c1ccc(Br)cc1. The second-order valence-corrected chi connectivity index (χ2v) is 8.84. The zero-order chi connectivity index (χ0) is 22.7. The van der Waals surface area contributed by atoms with Crippen LogP contribution in [0.15, 0.2) is 70.7 Å². The first-order chi connectivity index (χ1) is 15.5. The van der Waals surface area contributed by atoms with E-state index in [1.165, 1.54) is 0 Å². The maximum atomic E-state index is 13.1. The number of para-hydroxylation sites is 1. The quantitative estimate of drug-likeness (QED) is 0.378. The monoisotopic (exact) mass is 488 g/mol. The van der Waals surface area contributed by atoms with Crippen molar-refractivity contribution in [1.29, 1.82) is 5.26 Å². The molecule has 162 valence electrons. The van der Waals surface area contributed by atoms with Gasteiger partial charge >= 0.3 is 0 Å². The second kappa shape index (κ2) is 9.46.